The summed E-state index contributed by atoms with van der Waals surface area (Å²) in [7, 11) is 0. The summed E-state index contributed by atoms with van der Waals surface area (Å²) in [6.45, 7) is 3.71. The monoisotopic (exact) mass is 459 g/mol. The number of carboxylic acid groups (broad SMARTS) is 1. The second kappa shape index (κ2) is 10.2. The van der Waals surface area contributed by atoms with Gasteiger partial charge in [0.1, 0.15) is 17.8 Å². The summed E-state index contributed by atoms with van der Waals surface area (Å²) in [6, 6.07) is 9.89. The molecule has 1 aromatic heterocycles. The first kappa shape index (κ1) is 23.8. The number of rotatable bonds is 6. The fraction of sp³-hybridized carbons (Fsp3) is 0.435. The second-order valence-electron chi connectivity index (χ2n) is 8.49. The fourth-order valence-electron chi connectivity index (χ4n) is 4.36. The zero-order valence-electron chi connectivity index (χ0n) is 18.0. The minimum atomic E-state index is -0.879. The molecule has 0 bridgehead atoms. The van der Waals surface area contributed by atoms with Crippen LogP contribution >= 0.6 is 12.4 Å². The van der Waals surface area contributed by atoms with E-state index >= 15 is 0 Å². The van der Waals surface area contributed by atoms with E-state index in [-0.39, 0.29) is 25.0 Å². The minimum Gasteiger partial charge on any atom is -0.492 e. The van der Waals surface area contributed by atoms with Crippen LogP contribution in [0.3, 0.4) is 0 Å². The average Bonchev–Trinajstić information content (AvgIpc) is 2.78. The normalized spacial score (nSPS) is 17.7. The Kier molecular flexibility index (Phi) is 7.58. The number of pyridine rings is 1. The predicted molar refractivity (Wildman–Crippen MR) is 124 cm³/mol. The molecule has 2 aliphatic heterocycles. The van der Waals surface area contributed by atoms with E-state index in [4.69, 9.17) is 15.9 Å². The lowest BCUT2D eigenvalue weighted by Crippen LogP contribution is -2.47. The van der Waals surface area contributed by atoms with E-state index in [1.54, 1.807) is 12.4 Å². The maximum atomic E-state index is 12.2. The second-order valence-corrected chi connectivity index (χ2v) is 8.49. The van der Waals surface area contributed by atoms with Gasteiger partial charge in [-0.25, -0.2) is 0 Å². The van der Waals surface area contributed by atoms with E-state index in [1.807, 2.05) is 35.2 Å². The van der Waals surface area contributed by atoms with Crippen LogP contribution in [0.25, 0.3) is 0 Å². The quantitative estimate of drug-likeness (QED) is 0.449. The minimum absolute atomic E-state index is 0. The molecule has 4 N–H and O–H groups in total. The number of benzene rings is 1. The number of aliphatic carboxylic acids is 1. The van der Waals surface area contributed by atoms with E-state index in [2.05, 4.69) is 9.88 Å². The number of hydrogen-bond acceptors (Lipinski definition) is 5. The number of guanidine groups is 1. The molecule has 32 heavy (non-hydrogen) atoms. The molecule has 172 valence electrons. The van der Waals surface area contributed by atoms with Gasteiger partial charge in [-0.05, 0) is 73.3 Å². The highest BCUT2D eigenvalue weighted by Crippen LogP contribution is 2.34. The summed E-state index contributed by atoms with van der Waals surface area (Å²) < 4.78 is 6.01. The largest absolute Gasteiger partial charge is 0.492 e. The molecule has 0 aliphatic carbocycles. The van der Waals surface area contributed by atoms with Gasteiger partial charge in [-0.15, -0.1) is 12.4 Å². The van der Waals surface area contributed by atoms with Crippen LogP contribution in [0.5, 0.6) is 5.75 Å². The van der Waals surface area contributed by atoms with Crippen LogP contribution in [0.2, 0.25) is 0 Å². The Bertz CT molecular complexity index is 948. The van der Waals surface area contributed by atoms with Crippen molar-refractivity contribution < 1.29 is 14.6 Å². The molecular formula is C23H30ClN5O3. The van der Waals surface area contributed by atoms with E-state index < -0.39 is 11.4 Å². The van der Waals surface area contributed by atoms with Crippen LogP contribution < -0.4 is 10.5 Å². The van der Waals surface area contributed by atoms with Crippen molar-refractivity contribution in [1.82, 2.24) is 14.8 Å². The van der Waals surface area contributed by atoms with E-state index in [9.17, 15) is 9.90 Å². The van der Waals surface area contributed by atoms with Gasteiger partial charge in [0.2, 0.25) is 0 Å². The van der Waals surface area contributed by atoms with Crippen molar-refractivity contribution in [3.05, 3.63) is 59.4 Å². The number of piperidine rings is 1. The molecule has 0 amide bonds. The summed E-state index contributed by atoms with van der Waals surface area (Å²) >= 11 is 0. The molecule has 0 saturated carbocycles. The molecule has 3 heterocycles. The van der Waals surface area contributed by atoms with E-state index in [0.717, 1.165) is 38.2 Å². The summed E-state index contributed by atoms with van der Waals surface area (Å²) in [5.41, 5.74) is 8.24. The molecule has 0 radical (unpaired) electrons. The molecule has 1 fully saturated rings. The Morgan fingerprint density at radius 1 is 1.16 bits per heavy atom. The van der Waals surface area contributed by atoms with Crippen molar-refractivity contribution >= 4 is 24.3 Å². The molecule has 2 aliphatic rings. The summed E-state index contributed by atoms with van der Waals surface area (Å²) in [6.07, 6.45) is 5.50. The standard InChI is InChI=1S/C23H29N5O3.ClH/c24-22(25)28-10-5-18-1-2-20(13-19(18)15-28)31-16-23(21(29)30)6-11-27(12-7-23)14-17-3-8-26-9-4-17;/h1-4,8-9,13H,5-7,10-12,14-16H2,(H3,24,25)(H,29,30);1H. The molecule has 0 atom stereocenters. The Hall–Kier alpha value is -2.84. The number of likely N-dealkylation sites (tertiary alicyclic amines) is 1. The lowest BCUT2D eigenvalue weighted by atomic mass is 9.79. The lowest BCUT2D eigenvalue weighted by molar-refractivity contribution is -0.154. The van der Waals surface area contributed by atoms with Crippen LogP contribution in [0.1, 0.15) is 29.5 Å². The van der Waals surface area contributed by atoms with Gasteiger partial charge in [-0.3, -0.25) is 20.1 Å². The molecule has 2 aromatic rings. The summed E-state index contributed by atoms with van der Waals surface area (Å²) in [5.74, 6) is -0.0545. The Balaban J connectivity index is 0.00000289. The van der Waals surface area contributed by atoms with Crippen molar-refractivity contribution in [2.45, 2.75) is 32.4 Å². The lowest BCUT2D eigenvalue weighted by Gasteiger charge is -2.38. The Labute approximate surface area is 194 Å². The highest BCUT2D eigenvalue weighted by atomic mass is 35.5. The molecule has 8 nitrogen and oxygen atoms in total. The molecular weight excluding hydrogens is 430 g/mol. The van der Waals surface area contributed by atoms with Crippen LogP contribution in [0.15, 0.2) is 42.7 Å². The van der Waals surface area contributed by atoms with Gasteiger partial charge >= 0.3 is 5.97 Å². The summed E-state index contributed by atoms with van der Waals surface area (Å²) in [4.78, 5) is 20.3. The number of carbonyl (C=O) groups is 1. The van der Waals surface area contributed by atoms with Crippen LogP contribution in [0, 0.1) is 10.8 Å². The van der Waals surface area contributed by atoms with Crippen molar-refractivity contribution in [1.29, 1.82) is 5.41 Å². The zero-order chi connectivity index (χ0) is 21.8. The van der Waals surface area contributed by atoms with Gasteiger partial charge in [0.25, 0.3) is 0 Å². The van der Waals surface area contributed by atoms with Gasteiger partial charge in [0.05, 0.1) is 0 Å². The number of carboxylic acids is 1. The highest BCUT2D eigenvalue weighted by molar-refractivity contribution is 5.85. The maximum absolute atomic E-state index is 12.2. The smallest absolute Gasteiger partial charge is 0.313 e. The Morgan fingerprint density at radius 3 is 2.53 bits per heavy atom. The van der Waals surface area contributed by atoms with Crippen molar-refractivity contribution in [2.75, 3.05) is 26.2 Å². The molecule has 4 rings (SSSR count). The average molecular weight is 460 g/mol. The first-order chi connectivity index (χ1) is 14.9. The number of ether oxygens (including phenoxy) is 1. The van der Waals surface area contributed by atoms with Crippen molar-refractivity contribution in [3.63, 3.8) is 0 Å². The molecule has 0 spiro atoms. The van der Waals surface area contributed by atoms with E-state index in [0.29, 0.717) is 25.1 Å². The van der Waals surface area contributed by atoms with Crippen LogP contribution in [-0.4, -0.2) is 58.1 Å². The third kappa shape index (κ3) is 5.31. The third-order valence-electron chi connectivity index (χ3n) is 6.47. The van der Waals surface area contributed by atoms with Crippen molar-refractivity contribution in [2.24, 2.45) is 11.1 Å². The number of halogens is 1. The molecule has 1 aromatic carbocycles. The van der Waals surface area contributed by atoms with E-state index in [1.165, 1.54) is 11.1 Å². The summed E-state index contributed by atoms with van der Waals surface area (Å²) in [5, 5.41) is 17.6. The maximum Gasteiger partial charge on any atom is 0.313 e. The predicted octanol–water partition coefficient (Wildman–Crippen LogP) is 2.50. The number of hydrogen-bond donors (Lipinski definition) is 3. The molecule has 0 unspecified atom stereocenters. The number of fused-ring (bicyclic) bond motifs is 1. The highest BCUT2D eigenvalue weighted by Gasteiger charge is 2.42. The number of aromatic nitrogens is 1. The van der Waals surface area contributed by atoms with Gasteiger partial charge < -0.3 is 20.5 Å². The van der Waals surface area contributed by atoms with Crippen LogP contribution in [-0.2, 0) is 24.3 Å². The first-order valence-electron chi connectivity index (χ1n) is 10.6. The first-order valence-corrected chi connectivity index (χ1v) is 10.6. The van der Waals surface area contributed by atoms with Crippen LogP contribution in [0.4, 0.5) is 0 Å². The molecule has 9 heteroatoms. The van der Waals surface area contributed by atoms with Gasteiger partial charge in [-0.2, -0.15) is 0 Å². The SMILES string of the molecule is Cl.N=C(N)N1CCc2ccc(OCC3(C(=O)O)CCN(Cc4ccncc4)CC3)cc2C1. The number of nitrogens with two attached hydrogens (primary N) is 1. The number of nitrogens with zero attached hydrogens (tertiary/aromatic N) is 3. The Morgan fingerprint density at radius 2 is 1.88 bits per heavy atom. The fourth-order valence-corrected chi connectivity index (χ4v) is 4.36. The van der Waals surface area contributed by atoms with Crippen molar-refractivity contribution in [3.8, 4) is 5.75 Å². The topological polar surface area (TPSA) is 116 Å². The van der Waals surface area contributed by atoms with Gasteiger partial charge in [-0.1, -0.05) is 6.07 Å². The molecule has 1 saturated heterocycles. The van der Waals surface area contributed by atoms with Gasteiger partial charge in [0.15, 0.2) is 5.96 Å². The number of nitrogens with one attached hydrogen (secondary N) is 1. The van der Waals surface area contributed by atoms with Gasteiger partial charge in [0, 0.05) is 32.0 Å². The third-order valence-corrected chi connectivity index (χ3v) is 6.47. The zero-order valence-corrected chi connectivity index (χ0v) is 18.8.